The Kier molecular flexibility index (Phi) is 6.04. The van der Waals surface area contributed by atoms with Gasteiger partial charge < -0.3 is 10.1 Å². The number of aromatic nitrogens is 3. The Balaban J connectivity index is 1.78. The molecule has 1 N–H and O–H groups in total. The summed E-state index contributed by atoms with van der Waals surface area (Å²) in [5.74, 6) is 1.12. The molecule has 2 heterocycles. The van der Waals surface area contributed by atoms with Crippen LogP contribution in [0.2, 0.25) is 0 Å². The zero-order chi connectivity index (χ0) is 22.1. The van der Waals surface area contributed by atoms with Crippen molar-refractivity contribution < 1.29 is 9.53 Å². The molecule has 160 valence electrons. The fourth-order valence-corrected chi connectivity index (χ4v) is 3.49. The van der Waals surface area contributed by atoms with Crippen LogP contribution in [0.4, 0.5) is 5.82 Å². The number of hydrogen-bond acceptors (Lipinski definition) is 5. The Labute approximate surface area is 182 Å². The standard InChI is InChI=1S/C23H30N4O2S/c1-15-24-17(14-30-15)13-29-18-10-8-9-16(11-18)21(28)25-20-12-19(22(2,3)4)26-27(20)23(5,6)7/h8-12,14H,13H2,1-7H3,(H,25,28). The summed E-state index contributed by atoms with van der Waals surface area (Å²) in [6.07, 6.45) is 0. The van der Waals surface area contributed by atoms with E-state index in [0.29, 0.717) is 23.7 Å². The summed E-state index contributed by atoms with van der Waals surface area (Å²) < 4.78 is 7.69. The Hall–Kier alpha value is -2.67. The quantitative estimate of drug-likeness (QED) is 0.582. The molecule has 0 aliphatic heterocycles. The van der Waals surface area contributed by atoms with E-state index in [1.165, 1.54) is 0 Å². The summed E-state index contributed by atoms with van der Waals surface area (Å²) in [5.41, 5.74) is 1.97. The van der Waals surface area contributed by atoms with Gasteiger partial charge >= 0.3 is 0 Å². The molecule has 7 heteroatoms. The van der Waals surface area contributed by atoms with Crippen LogP contribution in [0, 0.1) is 6.92 Å². The number of nitrogens with one attached hydrogen (secondary N) is 1. The number of carbonyl (C=O) groups is 1. The van der Waals surface area contributed by atoms with E-state index in [0.717, 1.165) is 16.4 Å². The summed E-state index contributed by atoms with van der Waals surface area (Å²) in [6.45, 7) is 14.9. The average Bonchev–Trinajstić information content (AvgIpc) is 3.26. The molecule has 0 bridgehead atoms. The molecule has 0 aliphatic carbocycles. The lowest BCUT2D eigenvalue weighted by Gasteiger charge is -2.23. The highest BCUT2D eigenvalue weighted by Gasteiger charge is 2.26. The molecule has 0 spiro atoms. The van der Waals surface area contributed by atoms with Crippen molar-refractivity contribution in [2.45, 2.75) is 66.0 Å². The van der Waals surface area contributed by atoms with Crippen molar-refractivity contribution in [3.8, 4) is 5.75 Å². The van der Waals surface area contributed by atoms with Crippen LogP contribution in [0.5, 0.6) is 5.75 Å². The number of amides is 1. The Bertz CT molecular complexity index is 1040. The molecule has 0 atom stereocenters. The van der Waals surface area contributed by atoms with Crippen LogP contribution >= 0.6 is 11.3 Å². The fraction of sp³-hybridized carbons (Fsp3) is 0.435. The maximum atomic E-state index is 13.0. The molecule has 0 aliphatic rings. The normalized spacial score (nSPS) is 12.1. The highest BCUT2D eigenvalue weighted by molar-refractivity contribution is 7.09. The summed E-state index contributed by atoms with van der Waals surface area (Å²) in [4.78, 5) is 17.4. The number of ether oxygens (including phenoxy) is 1. The zero-order valence-corrected chi connectivity index (χ0v) is 19.6. The van der Waals surface area contributed by atoms with Gasteiger partial charge in [0.05, 0.1) is 21.9 Å². The maximum Gasteiger partial charge on any atom is 0.256 e. The minimum absolute atomic E-state index is 0.113. The summed E-state index contributed by atoms with van der Waals surface area (Å²) >= 11 is 1.59. The number of nitrogens with zero attached hydrogens (tertiary/aromatic N) is 3. The summed E-state index contributed by atoms with van der Waals surface area (Å²) in [5, 5.41) is 10.8. The number of rotatable bonds is 5. The lowest BCUT2D eigenvalue weighted by atomic mass is 9.92. The molecule has 2 aromatic heterocycles. The molecule has 0 saturated carbocycles. The van der Waals surface area contributed by atoms with Crippen molar-refractivity contribution in [1.82, 2.24) is 14.8 Å². The van der Waals surface area contributed by atoms with Crippen LogP contribution in [-0.2, 0) is 17.6 Å². The van der Waals surface area contributed by atoms with E-state index >= 15 is 0 Å². The Morgan fingerprint density at radius 3 is 2.50 bits per heavy atom. The second-order valence-corrected chi connectivity index (χ2v) is 10.4. The number of thiazole rings is 1. The molecule has 3 aromatic rings. The first kappa shape index (κ1) is 22.0. The maximum absolute atomic E-state index is 13.0. The van der Waals surface area contributed by atoms with Gasteiger partial charge in [0.1, 0.15) is 18.2 Å². The van der Waals surface area contributed by atoms with Gasteiger partial charge in [-0.1, -0.05) is 26.8 Å². The first-order chi connectivity index (χ1) is 13.9. The van der Waals surface area contributed by atoms with E-state index in [2.05, 4.69) is 51.8 Å². The van der Waals surface area contributed by atoms with E-state index in [1.54, 1.807) is 23.5 Å². The van der Waals surface area contributed by atoms with Crippen molar-refractivity contribution in [3.63, 3.8) is 0 Å². The first-order valence-corrected chi connectivity index (χ1v) is 10.9. The Morgan fingerprint density at radius 2 is 1.90 bits per heavy atom. The van der Waals surface area contributed by atoms with Crippen LogP contribution < -0.4 is 10.1 Å². The summed E-state index contributed by atoms with van der Waals surface area (Å²) in [6, 6.07) is 9.13. The van der Waals surface area contributed by atoms with Gasteiger partial charge in [-0.15, -0.1) is 11.3 Å². The van der Waals surface area contributed by atoms with Crippen LogP contribution in [0.3, 0.4) is 0 Å². The molecule has 0 radical (unpaired) electrons. The third-order valence-electron chi connectivity index (χ3n) is 4.50. The van der Waals surface area contributed by atoms with Crippen LogP contribution in [0.15, 0.2) is 35.7 Å². The van der Waals surface area contributed by atoms with Crippen LogP contribution in [-0.4, -0.2) is 20.7 Å². The Morgan fingerprint density at radius 1 is 1.17 bits per heavy atom. The van der Waals surface area contributed by atoms with E-state index in [9.17, 15) is 4.79 Å². The predicted molar refractivity (Wildman–Crippen MR) is 122 cm³/mol. The number of aryl methyl sites for hydroxylation is 1. The molecule has 3 rings (SSSR count). The molecule has 30 heavy (non-hydrogen) atoms. The fourth-order valence-electron chi connectivity index (χ4n) is 2.90. The number of hydrogen-bond donors (Lipinski definition) is 1. The van der Waals surface area contributed by atoms with Crippen molar-refractivity contribution >= 4 is 23.1 Å². The van der Waals surface area contributed by atoms with Crippen LogP contribution in [0.1, 0.15) is 68.3 Å². The van der Waals surface area contributed by atoms with Crippen molar-refractivity contribution in [3.05, 3.63) is 57.7 Å². The third-order valence-corrected chi connectivity index (χ3v) is 5.33. The van der Waals surface area contributed by atoms with Gasteiger partial charge in [0, 0.05) is 22.4 Å². The second kappa shape index (κ2) is 8.22. The molecule has 0 unspecified atom stereocenters. The topological polar surface area (TPSA) is 69.0 Å². The number of anilines is 1. The van der Waals surface area contributed by atoms with Gasteiger partial charge in [0.15, 0.2) is 0 Å². The molecule has 6 nitrogen and oxygen atoms in total. The summed E-state index contributed by atoms with van der Waals surface area (Å²) in [7, 11) is 0. The highest BCUT2D eigenvalue weighted by atomic mass is 32.1. The van der Waals surface area contributed by atoms with E-state index in [-0.39, 0.29) is 16.9 Å². The van der Waals surface area contributed by atoms with Gasteiger partial charge in [-0.3, -0.25) is 4.79 Å². The van der Waals surface area contributed by atoms with Crippen LogP contribution in [0.25, 0.3) is 0 Å². The highest BCUT2D eigenvalue weighted by Crippen LogP contribution is 2.28. The van der Waals surface area contributed by atoms with Crippen molar-refractivity contribution in [2.75, 3.05) is 5.32 Å². The van der Waals surface area contributed by atoms with E-state index in [4.69, 9.17) is 9.84 Å². The smallest absolute Gasteiger partial charge is 0.256 e. The number of benzene rings is 1. The largest absolute Gasteiger partial charge is 0.487 e. The first-order valence-electron chi connectivity index (χ1n) is 10.00. The SMILES string of the molecule is Cc1nc(COc2cccc(C(=O)Nc3cc(C(C)(C)C)nn3C(C)(C)C)c2)cs1. The molecule has 0 saturated heterocycles. The predicted octanol–water partition coefficient (Wildman–Crippen LogP) is 5.53. The van der Waals surface area contributed by atoms with Gasteiger partial charge in [0.2, 0.25) is 0 Å². The zero-order valence-electron chi connectivity index (χ0n) is 18.7. The van der Waals surface area contributed by atoms with Crippen molar-refractivity contribution in [1.29, 1.82) is 0 Å². The van der Waals surface area contributed by atoms with Gasteiger partial charge in [0.25, 0.3) is 5.91 Å². The molecular weight excluding hydrogens is 396 g/mol. The molecule has 1 aromatic carbocycles. The molecular formula is C23H30N4O2S. The third kappa shape index (κ3) is 5.27. The van der Waals surface area contributed by atoms with Gasteiger partial charge in [-0.05, 0) is 45.9 Å². The van der Waals surface area contributed by atoms with Crippen molar-refractivity contribution in [2.24, 2.45) is 0 Å². The average molecular weight is 427 g/mol. The molecule has 0 fully saturated rings. The number of carbonyl (C=O) groups excluding carboxylic acids is 1. The monoisotopic (exact) mass is 426 g/mol. The minimum Gasteiger partial charge on any atom is -0.487 e. The lowest BCUT2D eigenvalue weighted by molar-refractivity contribution is 0.102. The minimum atomic E-state index is -0.261. The second-order valence-electron chi connectivity index (χ2n) is 9.38. The van der Waals surface area contributed by atoms with E-state index < -0.39 is 0 Å². The van der Waals surface area contributed by atoms with Gasteiger partial charge in [-0.2, -0.15) is 5.10 Å². The van der Waals surface area contributed by atoms with E-state index in [1.807, 2.05) is 35.2 Å². The molecule has 1 amide bonds. The lowest BCUT2D eigenvalue weighted by Crippen LogP contribution is -2.27. The van der Waals surface area contributed by atoms with Gasteiger partial charge in [-0.25, -0.2) is 9.67 Å².